The van der Waals surface area contributed by atoms with Crippen LogP contribution >= 0.6 is 0 Å². The second kappa shape index (κ2) is 4.26. The Balaban J connectivity index is 2.65. The van der Waals surface area contributed by atoms with Crippen molar-refractivity contribution in [1.29, 1.82) is 0 Å². The van der Waals surface area contributed by atoms with Crippen molar-refractivity contribution in [2.75, 3.05) is 12.4 Å². The Morgan fingerprint density at radius 1 is 1.57 bits per heavy atom. The van der Waals surface area contributed by atoms with Crippen LogP contribution in [0, 0.1) is 6.92 Å². The maximum Gasteiger partial charge on any atom is 0.218 e. The second-order valence-electron chi connectivity index (χ2n) is 2.53. The lowest BCUT2D eigenvalue weighted by Gasteiger charge is -1.99. The van der Waals surface area contributed by atoms with Crippen molar-refractivity contribution >= 4 is 17.7 Å². The largest absolute Gasteiger partial charge is 0.369 e. The average molecular weight is 196 g/mol. The van der Waals surface area contributed by atoms with Crippen molar-refractivity contribution in [3.63, 3.8) is 0 Å². The first kappa shape index (κ1) is 10.0. The van der Waals surface area contributed by atoms with E-state index in [1.165, 1.54) is 7.05 Å². The zero-order valence-electron chi connectivity index (χ0n) is 7.98. The third-order valence-corrected chi connectivity index (χ3v) is 1.35. The molecule has 1 heterocycles. The van der Waals surface area contributed by atoms with Gasteiger partial charge >= 0.3 is 0 Å². The van der Waals surface area contributed by atoms with E-state index in [0.29, 0.717) is 11.6 Å². The molecule has 5 N–H and O–H groups in total. The summed E-state index contributed by atoms with van der Waals surface area (Å²) in [5.74, 6) is 1.36. The van der Waals surface area contributed by atoms with Crippen LogP contribution in [0.4, 0.5) is 5.82 Å². The lowest BCUT2D eigenvalue weighted by atomic mass is 10.5. The average Bonchev–Trinajstić information content (AvgIpc) is 2.50. The molecule has 0 aliphatic heterocycles. The molecule has 0 saturated heterocycles. The molecule has 0 fully saturated rings. The summed E-state index contributed by atoms with van der Waals surface area (Å²) >= 11 is 0. The van der Waals surface area contributed by atoms with E-state index in [1.807, 2.05) is 0 Å². The normalized spacial score (nSPS) is 13.0. The Bertz CT molecular complexity index is 366. The Labute approximate surface area is 80.9 Å². The van der Waals surface area contributed by atoms with E-state index in [1.54, 1.807) is 13.0 Å². The van der Waals surface area contributed by atoms with Crippen LogP contribution in [0.2, 0.25) is 0 Å². The molecule has 76 valence electrons. The van der Waals surface area contributed by atoms with Gasteiger partial charge in [-0.25, -0.2) is 0 Å². The fourth-order valence-electron chi connectivity index (χ4n) is 0.758. The molecule has 7 heteroatoms. The van der Waals surface area contributed by atoms with Gasteiger partial charge in [0, 0.05) is 13.1 Å². The zero-order valence-corrected chi connectivity index (χ0v) is 7.98. The van der Waals surface area contributed by atoms with Gasteiger partial charge in [-0.15, -0.1) is 0 Å². The number of aromatic nitrogens is 1. The van der Waals surface area contributed by atoms with Crippen molar-refractivity contribution in [2.24, 2.45) is 21.5 Å². The van der Waals surface area contributed by atoms with E-state index < -0.39 is 0 Å². The van der Waals surface area contributed by atoms with E-state index >= 15 is 0 Å². The SMILES string of the molecule is CN=C(N)N=C(N)Nc1cc(C)on1. The number of anilines is 1. The molecule has 0 aliphatic rings. The van der Waals surface area contributed by atoms with Gasteiger partial charge in [-0.1, -0.05) is 5.16 Å². The summed E-state index contributed by atoms with van der Waals surface area (Å²) < 4.78 is 4.81. The van der Waals surface area contributed by atoms with Crippen molar-refractivity contribution in [3.8, 4) is 0 Å². The smallest absolute Gasteiger partial charge is 0.218 e. The van der Waals surface area contributed by atoms with E-state index in [2.05, 4.69) is 20.5 Å². The van der Waals surface area contributed by atoms with Gasteiger partial charge in [0.15, 0.2) is 5.82 Å². The third-order valence-electron chi connectivity index (χ3n) is 1.35. The molecule has 0 aliphatic carbocycles. The molecule has 14 heavy (non-hydrogen) atoms. The molecule has 1 rings (SSSR count). The quantitative estimate of drug-likeness (QED) is 0.419. The van der Waals surface area contributed by atoms with Crippen molar-refractivity contribution in [3.05, 3.63) is 11.8 Å². The van der Waals surface area contributed by atoms with E-state index in [-0.39, 0.29) is 11.9 Å². The topological polar surface area (TPSA) is 115 Å². The highest BCUT2D eigenvalue weighted by atomic mass is 16.5. The zero-order chi connectivity index (χ0) is 10.6. The monoisotopic (exact) mass is 196 g/mol. The maximum atomic E-state index is 5.49. The van der Waals surface area contributed by atoms with Crippen LogP contribution in [-0.4, -0.2) is 24.1 Å². The van der Waals surface area contributed by atoms with Crippen molar-refractivity contribution in [1.82, 2.24) is 5.16 Å². The Morgan fingerprint density at radius 2 is 2.29 bits per heavy atom. The standard InChI is InChI=1S/C7H12N6O/c1-4-3-5(13-14-4)11-7(9)12-6(8)10-2/h3H,1-2H3,(H5,8,9,10,11,12,13). The fourth-order valence-corrected chi connectivity index (χ4v) is 0.758. The molecule has 0 saturated carbocycles. The molecular formula is C7H12N6O. The van der Waals surface area contributed by atoms with Crippen LogP contribution in [0.5, 0.6) is 0 Å². The summed E-state index contributed by atoms with van der Waals surface area (Å²) in [6.07, 6.45) is 0. The van der Waals surface area contributed by atoms with Crippen LogP contribution in [0.15, 0.2) is 20.6 Å². The number of hydrogen-bond donors (Lipinski definition) is 3. The number of aryl methyl sites for hydroxylation is 1. The van der Waals surface area contributed by atoms with Crippen LogP contribution in [0.25, 0.3) is 0 Å². The van der Waals surface area contributed by atoms with Crippen LogP contribution < -0.4 is 16.8 Å². The number of aliphatic imine (C=N–C) groups is 2. The Kier molecular flexibility index (Phi) is 3.05. The number of nitrogens with one attached hydrogen (secondary N) is 1. The van der Waals surface area contributed by atoms with Gasteiger partial charge in [0.2, 0.25) is 11.9 Å². The van der Waals surface area contributed by atoms with Gasteiger partial charge in [-0.05, 0) is 6.92 Å². The summed E-state index contributed by atoms with van der Waals surface area (Å²) in [4.78, 5) is 7.35. The molecule has 7 nitrogen and oxygen atoms in total. The number of hydrogen-bond acceptors (Lipinski definition) is 3. The third kappa shape index (κ3) is 2.77. The first-order valence-electron chi connectivity index (χ1n) is 3.88. The van der Waals surface area contributed by atoms with Crippen molar-refractivity contribution < 1.29 is 4.52 Å². The summed E-state index contributed by atoms with van der Waals surface area (Å²) in [5.41, 5.74) is 10.8. The first-order valence-corrected chi connectivity index (χ1v) is 3.88. The van der Waals surface area contributed by atoms with Gasteiger partial charge in [0.05, 0.1) is 0 Å². The number of guanidine groups is 2. The Morgan fingerprint density at radius 3 is 2.79 bits per heavy atom. The molecule has 0 amide bonds. The highest BCUT2D eigenvalue weighted by Gasteiger charge is 2.00. The molecule has 1 aromatic heterocycles. The van der Waals surface area contributed by atoms with Crippen LogP contribution in [-0.2, 0) is 0 Å². The highest BCUT2D eigenvalue weighted by molar-refractivity contribution is 5.99. The van der Waals surface area contributed by atoms with E-state index in [4.69, 9.17) is 16.0 Å². The van der Waals surface area contributed by atoms with Gasteiger partial charge in [-0.3, -0.25) is 4.99 Å². The summed E-state index contributed by atoms with van der Waals surface area (Å²) in [6, 6.07) is 1.68. The molecule has 0 radical (unpaired) electrons. The second-order valence-corrected chi connectivity index (χ2v) is 2.53. The fraction of sp³-hybridized carbons (Fsp3) is 0.286. The summed E-state index contributed by atoms with van der Waals surface area (Å²) in [6.45, 7) is 1.77. The molecule has 0 bridgehead atoms. The number of rotatable bonds is 1. The van der Waals surface area contributed by atoms with E-state index in [9.17, 15) is 0 Å². The molecule has 0 aromatic carbocycles. The number of nitrogens with two attached hydrogens (primary N) is 2. The highest BCUT2D eigenvalue weighted by Crippen LogP contribution is 2.05. The minimum Gasteiger partial charge on any atom is -0.369 e. The maximum absolute atomic E-state index is 5.49. The molecule has 0 spiro atoms. The molecule has 0 unspecified atom stereocenters. The minimum absolute atomic E-state index is 0.0928. The first-order chi connectivity index (χ1) is 6.61. The number of nitrogens with zero attached hydrogens (tertiary/aromatic N) is 3. The lowest BCUT2D eigenvalue weighted by Crippen LogP contribution is -2.26. The predicted octanol–water partition coefficient (Wildman–Crippen LogP) is -0.346. The molecule has 1 aromatic rings. The van der Waals surface area contributed by atoms with Gasteiger partial charge in [0.25, 0.3) is 0 Å². The van der Waals surface area contributed by atoms with Gasteiger partial charge in [0.1, 0.15) is 5.76 Å². The van der Waals surface area contributed by atoms with Gasteiger partial charge in [-0.2, -0.15) is 4.99 Å². The van der Waals surface area contributed by atoms with Crippen LogP contribution in [0.3, 0.4) is 0 Å². The van der Waals surface area contributed by atoms with E-state index in [0.717, 1.165) is 0 Å². The molecule has 0 atom stereocenters. The summed E-state index contributed by atoms with van der Waals surface area (Å²) in [5, 5.41) is 6.35. The minimum atomic E-state index is 0.0928. The Hall–Kier alpha value is -2.05. The van der Waals surface area contributed by atoms with Gasteiger partial charge < -0.3 is 21.3 Å². The molecular weight excluding hydrogens is 184 g/mol. The van der Waals surface area contributed by atoms with Crippen LogP contribution in [0.1, 0.15) is 5.76 Å². The van der Waals surface area contributed by atoms with Crippen molar-refractivity contribution in [2.45, 2.75) is 6.92 Å². The lowest BCUT2D eigenvalue weighted by molar-refractivity contribution is 0.400. The predicted molar refractivity (Wildman–Crippen MR) is 54.0 cm³/mol. The summed E-state index contributed by atoms with van der Waals surface area (Å²) in [7, 11) is 1.52.